The molecule has 0 heteroatoms. The fraction of sp³-hybridized carbons (Fsp3) is 0.733. The van der Waals surface area contributed by atoms with Gasteiger partial charge in [-0.05, 0) is 48.9 Å². The molecule has 0 aromatic rings. The van der Waals surface area contributed by atoms with Crippen LogP contribution < -0.4 is 0 Å². The van der Waals surface area contributed by atoms with Gasteiger partial charge < -0.3 is 0 Å². The largest absolute Gasteiger partial charge is 0.103 e. The lowest BCUT2D eigenvalue weighted by molar-refractivity contribution is 0.166. The lowest BCUT2D eigenvalue weighted by Crippen LogP contribution is -2.26. The van der Waals surface area contributed by atoms with E-state index >= 15 is 0 Å². The second-order valence-electron chi connectivity index (χ2n) is 5.83. The molecular formula is C15H24. The monoisotopic (exact) mass is 204 g/mol. The predicted octanol–water partition coefficient (Wildman–Crippen LogP) is 4.58. The molecule has 0 aliphatic heterocycles. The second kappa shape index (κ2) is 4.15. The quantitative estimate of drug-likeness (QED) is 0.590. The first-order valence-corrected chi connectivity index (χ1v) is 6.45. The van der Waals surface area contributed by atoms with E-state index in [1.165, 1.54) is 38.5 Å². The Labute approximate surface area is 94.5 Å². The highest BCUT2D eigenvalue weighted by molar-refractivity contribution is 5.04. The summed E-state index contributed by atoms with van der Waals surface area (Å²) in [5.74, 6) is 2.37. The Balaban J connectivity index is 2.13. The molecule has 0 saturated heterocycles. The molecule has 0 spiro atoms. The molecule has 0 radical (unpaired) electrons. The molecule has 2 fully saturated rings. The van der Waals surface area contributed by atoms with E-state index in [1.54, 1.807) is 0 Å². The highest BCUT2D eigenvalue weighted by Crippen LogP contribution is 2.54. The number of rotatable bonds is 3. The van der Waals surface area contributed by atoms with E-state index in [4.69, 9.17) is 0 Å². The molecule has 0 bridgehead atoms. The molecule has 2 aliphatic carbocycles. The second-order valence-corrected chi connectivity index (χ2v) is 5.83. The van der Waals surface area contributed by atoms with Crippen molar-refractivity contribution in [3.63, 3.8) is 0 Å². The third-order valence-corrected chi connectivity index (χ3v) is 4.93. The highest BCUT2D eigenvalue weighted by atomic mass is 14.5. The smallest absolute Gasteiger partial charge is 0.0197 e. The SMILES string of the molecule is C=CC1CC(C=C)C(C2(C)CCCC2)C1. The Bertz CT molecular complexity index is 245. The normalized spacial score (nSPS) is 39.1. The Kier molecular flexibility index (Phi) is 3.04. The number of hydrogen-bond acceptors (Lipinski definition) is 0. The molecule has 3 atom stereocenters. The summed E-state index contributed by atoms with van der Waals surface area (Å²) >= 11 is 0. The van der Waals surface area contributed by atoms with Crippen LogP contribution in [0.2, 0.25) is 0 Å². The molecule has 0 aromatic heterocycles. The first-order valence-electron chi connectivity index (χ1n) is 6.45. The van der Waals surface area contributed by atoms with Gasteiger partial charge in [0.15, 0.2) is 0 Å². The molecule has 3 unspecified atom stereocenters. The van der Waals surface area contributed by atoms with E-state index in [9.17, 15) is 0 Å². The summed E-state index contributed by atoms with van der Waals surface area (Å²) in [7, 11) is 0. The topological polar surface area (TPSA) is 0 Å². The fourth-order valence-electron chi connectivity index (χ4n) is 3.92. The van der Waals surface area contributed by atoms with Crippen LogP contribution in [0.25, 0.3) is 0 Å². The number of allylic oxidation sites excluding steroid dienone is 2. The van der Waals surface area contributed by atoms with Crippen LogP contribution >= 0.6 is 0 Å². The van der Waals surface area contributed by atoms with Gasteiger partial charge in [0, 0.05) is 0 Å². The summed E-state index contributed by atoms with van der Waals surface area (Å²) in [4.78, 5) is 0. The maximum absolute atomic E-state index is 4.03. The van der Waals surface area contributed by atoms with Crippen molar-refractivity contribution in [2.24, 2.45) is 23.2 Å². The molecule has 2 rings (SSSR count). The van der Waals surface area contributed by atoms with Crippen LogP contribution in [0.15, 0.2) is 25.3 Å². The Morgan fingerprint density at radius 3 is 2.27 bits per heavy atom. The van der Waals surface area contributed by atoms with Gasteiger partial charge in [0.05, 0.1) is 0 Å². The van der Waals surface area contributed by atoms with E-state index in [1.807, 2.05) is 0 Å². The van der Waals surface area contributed by atoms with Gasteiger partial charge in [0.25, 0.3) is 0 Å². The first kappa shape index (κ1) is 11.0. The van der Waals surface area contributed by atoms with Crippen molar-refractivity contribution in [3.8, 4) is 0 Å². The molecule has 0 nitrogen and oxygen atoms in total. The van der Waals surface area contributed by atoms with E-state index in [0.29, 0.717) is 5.41 Å². The van der Waals surface area contributed by atoms with Gasteiger partial charge in [-0.25, -0.2) is 0 Å². The lowest BCUT2D eigenvalue weighted by Gasteiger charge is -2.34. The molecular weight excluding hydrogens is 180 g/mol. The summed E-state index contributed by atoms with van der Waals surface area (Å²) < 4.78 is 0. The zero-order chi connectivity index (χ0) is 10.9. The Hall–Kier alpha value is -0.520. The van der Waals surface area contributed by atoms with Crippen molar-refractivity contribution in [2.75, 3.05) is 0 Å². The van der Waals surface area contributed by atoms with Crippen LogP contribution in [0.3, 0.4) is 0 Å². The van der Waals surface area contributed by atoms with E-state index < -0.39 is 0 Å². The molecule has 2 saturated carbocycles. The minimum atomic E-state index is 0.608. The maximum Gasteiger partial charge on any atom is -0.0197 e. The van der Waals surface area contributed by atoms with Gasteiger partial charge in [0.2, 0.25) is 0 Å². The van der Waals surface area contributed by atoms with Crippen molar-refractivity contribution in [1.82, 2.24) is 0 Å². The third kappa shape index (κ3) is 1.91. The average molecular weight is 204 g/mol. The van der Waals surface area contributed by atoms with Crippen LogP contribution in [0.1, 0.15) is 45.4 Å². The Morgan fingerprint density at radius 2 is 1.73 bits per heavy atom. The molecule has 0 amide bonds. The van der Waals surface area contributed by atoms with E-state index in [-0.39, 0.29) is 0 Å². The van der Waals surface area contributed by atoms with Gasteiger partial charge in [-0.1, -0.05) is 31.9 Å². The molecule has 84 valence electrons. The average Bonchev–Trinajstić information content (AvgIpc) is 2.84. The maximum atomic E-state index is 4.03. The molecule has 0 heterocycles. The van der Waals surface area contributed by atoms with Crippen LogP contribution in [-0.2, 0) is 0 Å². The zero-order valence-electron chi connectivity index (χ0n) is 10.0. The van der Waals surface area contributed by atoms with Gasteiger partial charge in [-0.15, -0.1) is 13.2 Å². The molecule has 0 aromatic carbocycles. The summed E-state index contributed by atoms with van der Waals surface area (Å²) in [5, 5.41) is 0. The summed E-state index contributed by atoms with van der Waals surface area (Å²) in [6, 6.07) is 0. The standard InChI is InChI=1S/C15H24/c1-4-12-10-13(5-2)14(11-12)15(3)8-6-7-9-15/h4-5,12-14H,1-2,6-11H2,3H3. The minimum absolute atomic E-state index is 0.608. The van der Waals surface area contributed by atoms with Gasteiger partial charge in [-0.3, -0.25) is 0 Å². The van der Waals surface area contributed by atoms with Crippen molar-refractivity contribution >= 4 is 0 Å². The lowest BCUT2D eigenvalue weighted by atomic mass is 9.70. The van der Waals surface area contributed by atoms with Crippen LogP contribution in [-0.4, -0.2) is 0 Å². The fourth-order valence-corrected chi connectivity index (χ4v) is 3.92. The van der Waals surface area contributed by atoms with Gasteiger partial charge in [-0.2, -0.15) is 0 Å². The van der Waals surface area contributed by atoms with E-state index in [2.05, 4.69) is 32.2 Å². The van der Waals surface area contributed by atoms with Crippen molar-refractivity contribution in [3.05, 3.63) is 25.3 Å². The summed E-state index contributed by atoms with van der Waals surface area (Å²) in [6.45, 7) is 10.5. The first-order chi connectivity index (χ1) is 7.19. The summed E-state index contributed by atoms with van der Waals surface area (Å²) in [5.41, 5.74) is 0.608. The highest BCUT2D eigenvalue weighted by Gasteiger charge is 2.44. The molecule has 0 N–H and O–H groups in total. The van der Waals surface area contributed by atoms with Gasteiger partial charge in [0.1, 0.15) is 0 Å². The van der Waals surface area contributed by atoms with Crippen LogP contribution in [0, 0.1) is 23.2 Å². The summed E-state index contributed by atoms with van der Waals surface area (Å²) in [6.07, 6.45) is 12.8. The van der Waals surface area contributed by atoms with Crippen LogP contribution in [0.4, 0.5) is 0 Å². The van der Waals surface area contributed by atoms with E-state index in [0.717, 1.165) is 17.8 Å². The number of hydrogen-bond donors (Lipinski definition) is 0. The third-order valence-electron chi connectivity index (χ3n) is 4.93. The Morgan fingerprint density at radius 1 is 1.07 bits per heavy atom. The van der Waals surface area contributed by atoms with Crippen LogP contribution in [0.5, 0.6) is 0 Å². The predicted molar refractivity (Wildman–Crippen MR) is 66.7 cm³/mol. The molecule has 2 aliphatic rings. The van der Waals surface area contributed by atoms with Crippen molar-refractivity contribution in [2.45, 2.75) is 45.4 Å². The minimum Gasteiger partial charge on any atom is -0.103 e. The molecule has 15 heavy (non-hydrogen) atoms. The van der Waals surface area contributed by atoms with Gasteiger partial charge >= 0.3 is 0 Å². The van der Waals surface area contributed by atoms with Crippen molar-refractivity contribution < 1.29 is 0 Å². The van der Waals surface area contributed by atoms with Crippen molar-refractivity contribution in [1.29, 1.82) is 0 Å². The zero-order valence-corrected chi connectivity index (χ0v) is 10.0.